The third kappa shape index (κ3) is 8.92. The van der Waals surface area contributed by atoms with E-state index in [0.717, 1.165) is 21.3 Å². The van der Waals surface area contributed by atoms with Crippen molar-refractivity contribution in [3.8, 4) is 17.6 Å². The predicted octanol–water partition coefficient (Wildman–Crippen LogP) is 7.21. The van der Waals surface area contributed by atoms with Crippen LogP contribution in [0.15, 0.2) is 95.9 Å². The fourth-order valence-electron chi connectivity index (χ4n) is 6.60. The number of nitrogens with zero attached hydrogens (tertiary/aromatic N) is 4. The lowest BCUT2D eigenvalue weighted by molar-refractivity contribution is -0.0934. The van der Waals surface area contributed by atoms with E-state index in [1.54, 1.807) is 27.3 Å². The highest BCUT2D eigenvalue weighted by atomic mass is 31.2. The summed E-state index contributed by atoms with van der Waals surface area (Å²) >= 11 is 0. The van der Waals surface area contributed by atoms with Gasteiger partial charge >= 0.3 is 5.69 Å². The molecule has 1 N–H and O–H groups in total. The molecule has 4 aromatic rings. The van der Waals surface area contributed by atoms with Gasteiger partial charge in [-0.3, -0.25) is 4.57 Å². The minimum atomic E-state index is -1.90. The Balaban J connectivity index is 1.62. The van der Waals surface area contributed by atoms with Crippen LogP contribution < -0.4 is 20.5 Å². The summed E-state index contributed by atoms with van der Waals surface area (Å²) in [5.74, 6) is 1.67. The van der Waals surface area contributed by atoms with E-state index >= 15 is 4.39 Å². The molecule has 1 saturated heterocycles. The highest BCUT2D eigenvalue weighted by Gasteiger charge is 2.51. The number of nitrogens with one attached hydrogen (secondary N) is 1. The molecule has 0 saturated carbocycles. The number of ether oxygens (including phenoxy) is 4. The van der Waals surface area contributed by atoms with Crippen molar-refractivity contribution in [2.75, 3.05) is 39.8 Å². The van der Waals surface area contributed by atoms with Gasteiger partial charge in [0.15, 0.2) is 12.4 Å². The molecule has 1 aromatic heterocycles. The third-order valence-corrected chi connectivity index (χ3v) is 11.3. The average molecular weight is 762 g/mol. The molecule has 1 aliphatic rings. The maximum absolute atomic E-state index is 17.1. The molecule has 14 heteroatoms. The van der Waals surface area contributed by atoms with Crippen LogP contribution in [0.1, 0.15) is 57.0 Å². The summed E-state index contributed by atoms with van der Waals surface area (Å²) in [7, 11) is 2.95. The first-order chi connectivity index (χ1) is 26.1. The molecule has 0 bridgehead atoms. The molecule has 1 aliphatic heterocycles. The number of anilines is 1. The summed E-state index contributed by atoms with van der Waals surface area (Å²) in [6.07, 6.45) is -3.93. The Hall–Kier alpha value is -4.41. The van der Waals surface area contributed by atoms with E-state index in [4.69, 9.17) is 28.0 Å². The van der Waals surface area contributed by atoms with Crippen molar-refractivity contribution >= 4 is 14.3 Å². The number of hydrogen-bond acceptors (Lipinski definition) is 11. The zero-order chi connectivity index (χ0) is 38.8. The van der Waals surface area contributed by atoms with Gasteiger partial charge in [-0.2, -0.15) is 10.2 Å². The second kappa shape index (κ2) is 18.8. The summed E-state index contributed by atoms with van der Waals surface area (Å²) < 4.78 is 57.6. The number of methoxy groups -OCH3 is 2. The molecular weight excluding hydrogens is 712 g/mol. The van der Waals surface area contributed by atoms with E-state index in [0.29, 0.717) is 17.3 Å². The number of nitriles is 1. The molecule has 1 unspecified atom stereocenters. The molecule has 0 spiro atoms. The smallest absolute Gasteiger partial charge is 0.351 e. The van der Waals surface area contributed by atoms with Crippen LogP contribution in [0.25, 0.3) is 0 Å². The van der Waals surface area contributed by atoms with E-state index < -0.39 is 44.4 Å². The van der Waals surface area contributed by atoms with E-state index in [9.17, 15) is 10.1 Å². The maximum atomic E-state index is 17.1. The van der Waals surface area contributed by atoms with Crippen LogP contribution >= 0.6 is 8.53 Å². The van der Waals surface area contributed by atoms with E-state index in [-0.39, 0.29) is 31.7 Å². The van der Waals surface area contributed by atoms with Gasteiger partial charge in [-0.1, -0.05) is 54.6 Å². The van der Waals surface area contributed by atoms with Gasteiger partial charge in [0.1, 0.15) is 35.1 Å². The van der Waals surface area contributed by atoms with Gasteiger partial charge in [0, 0.05) is 25.3 Å². The molecule has 0 radical (unpaired) electrons. The molecule has 54 heavy (non-hydrogen) atoms. The fraction of sp³-hybridized carbons (Fsp3) is 0.425. The van der Waals surface area contributed by atoms with Crippen LogP contribution in [0.5, 0.6) is 11.5 Å². The lowest BCUT2D eigenvalue weighted by Gasteiger charge is -2.39. The van der Waals surface area contributed by atoms with Gasteiger partial charge in [0.25, 0.3) is 8.53 Å². The molecule has 0 amide bonds. The maximum Gasteiger partial charge on any atom is 0.351 e. The average Bonchev–Trinajstić information content (AvgIpc) is 3.49. The number of alkyl halides is 1. The van der Waals surface area contributed by atoms with E-state index in [2.05, 4.69) is 16.4 Å². The number of aromatic nitrogens is 2. The van der Waals surface area contributed by atoms with Crippen molar-refractivity contribution in [3.63, 3.8) is 0 Å². The van der Waals surface area contributed by atoms with Crippen LogP contribution in [0, 0.1) is 11.3 Å². The van der Waals surface area contributed by atoms with Gasteiger partial charge in [0.05, 0.1) is 39.9 Å². The Labute approximate surface area is 317 Å². The van der Waals surface area contributed by atoms with Crippen molar-refractivity contribution in [2.24, 2.45) is 0 Å². The minimum absolute atomic E-state index is 0.0409. The topological polar surface area (TPSA) is 129 Å². The Kier molecular flexibility index (Phi) is 14.2. The molecule has 12 nitrogen and oxygen atoms in total. The van der Waals surface area contributed by atoms with E-state index in [1.807, 2.05) is 111 Å². The largest absolute Gasteiger partial charge is 0.497 e. The SMILES string of the molecule is CNc1ccn([C@@H]2O[C@H](COC(c3ccccc3)(c3ccc(OC)cc3)c3ccc(OC)cc3)[C@@H](OP(OCCC#N)N(C(C)C)C(C)C)[C@H]2F)c(=O)n1. The van der Waals surface area contributed by atoms with Crippen molar-refractivity contribution in [2.45, 2.75) is 76.4 Å². The molecule has 3 aromatic carbocycles. The third-order valence-electron chi connectivity index (χ3n) is 9.14. The van der Waals surface area contributed by atoms with Crippen molar-refractivity contribution < 1.29 is 32.4 Å². The van der Waals surface area contributed by atoms with Crippen LogP contribution in [-0.2, 0) is 24.1 Å². The summed E-state index contributed by atoms with van der Waals surface area (Å²) in [6.45, 7) is 7.92. The first-order valence-electron chi connectivity index (χ1n) is 17.9. The summed E-state index contributed by atoms with van der Waals surface area (Å²) in [5, 5.41) is 12.1. The van der Waals surface area contributed by atoms with Crippen LogP contribution in [0.4, 0.5) is 10.2 Å². The zero-order valence-electron chi connectivity index (χ0n) is 31.7. The Bertz CT molecular complexity index is 1820. The van der Waals surface area contributed by atoms with E-state index in [1.165, 1.54) is 6.20 Å². The first kappa shape index (κ1) is 40.8. The van der Waals surface area contributed by atoms with Crippen molar-refractivity contribution in [1.82, 2.24) is 14.2 Å². The van der Waals surface area contributed by atoms with Crippen LogP contribution in [0.2, 0.25) is 0 Å². The number of halogens is 1. The molecule has 0 aliphatic carbocycles. The van der Waals surface area contributed by atoms with Gasteiger partial charge in [0.2, 0.25) is 0 Å². The summed E-state index contributed by atoms with van der Waals surface area (Å²) in [6, 6.07) is 28.5. The Morgan fingerprint density at radius 3 is 2.02 bits per heavy atom. The fourth-order valence-corrected chi connectivity index (χ4v) is 8.37. The second-order valence-electron chi connectivity index (χ2n) is 13.2. The lowest BCUT2D eigenvalue weighted by atomic mass is 9.80. The molecular formula is C40H49FN5O7P. The summed E-state index contributed by atoms with van der Waals surface area (Å²) in [5.41, 5.74) is 0.433. The summed E-state index contributed by atoms with van der Waals surface area (Å²) in [4.78, 5) is 17.3. The second-order valence-corrected chi connectivity index (χ2v) is 14.6. The first-order valence-corrected chi connectivity index (χ1v) is 19.0. The quantitative estimate of drug-likeness (QED) is 0.0628. The van der Waals surface area contributed by atoms with Gasteiger partial charge in [-0.25, -0.2) is 13.9 Å². The number of benzene rings is 3. The van der Waals surface area contributed by atoms with Crippen molar-refractivity contribution in [1.29, 1.82) is 5.26 Å². The number of rotatable bonds is 18. The monoisotopic (exact) mass is 761 g/mol. The molecule has 5 rings (SSSR count). The number of hydrogen-bond donors (Lipinski definition) is 1. The molecule has 2 heterocycles. The van der Waals surface area contributed by atoms with Crippen LogP contribution in [0.3, 0.4) is 0 Å². The normalized spacial score (nSPS) is 19.2. The lowest BCUT2D eigenvalue weighted by Crippen LogP contribution is -2.41. The molecule has 288 valence electrons. The highest BCUT2D eigenvalue weighted by molar-refractivity contribution is 7.44. The van der Waals surface area contributed by atoms with Gasteiger partial charge in [-0.05, 0) is 74.7 Å². The Morgan fingerprint density at radius 1 is 0.944 bits per heavy atom. The standard InChI is InChI=1S/C40H49FN5O7P/c1-27(2)46(28(3)4)54(51-25-11-23-42)53-37-34(52-38(36(37)41)45-24-22-35(43-5)44-39(45)47)26-50-40(29-12-9-8-10-13-29,30-14-18-32(48-6)19-15-30)31-16-20-33(49-7)21-17-31/h8-10,12-22,24,27-28,34,36-38H,11,25-26H2,1-7H3,(H,43,44,47)/t34-,36-,37-,38-,54?/m1/s1. The van der Waals surface area contributed by atoms with Crippen molar-refractivity contribution in [3.05, 3.63) is 118 Å². The Morgan fingerprint density at radius 2 is 1.52 bits per heavy atom. The molecule has 1 fully saturated rings. The highest BCUT2D eigenvalue weighted by Crippen LogP contribution is 2.51. The van der Waals surface area contributed by atoms with Gasteiger partial charge < -0.3 is 33.3 Å². The zero-order valence-corrected chi connectivity index (χ0v) is 32.6. The molecule has 5 atom stereocenters. The predicted molar refractivity (Wildman–Crippen MR) is 205 cm³/mol. The minimum Gasteiger partial charge on any atom is -0.497 e. The van der Waals surface area contributed by atoms with Crippen LogP contribution in [-0.4, -0.2) is 79.2 Å². The van der Waals surface area contributed by atoms with Gasteiger partial charge in [-0.15, -0.1) is 0 Å².